The van der Waals surface area contributed by atoms with E-state index >= 15 is 0 Å². The van der Waals surface area contributed by atoms with Crippen LogP contribution in [-0.4, -0.2) is 51.0 Å². The number of carbonyl (C=O) groups is 1. The summed E-state index contributed by atoms with van der Waals surface area (Å²) < 4.78 is 13.2. The fourth-order valence-electron chi connectivity index (χ4n) is 2.68. The molecule has 2 aromatic carbocycles. The molecule has 0 saturated heterocycles. The summed E-state index contributed by atoms with van der Waals surface area (Å²) in [6.45, 7) is 1.36. The molecule has 2 N–H and O–H groups in total. The molecule has 6 heteroatoms. The van der Waals surface area contributed by atoms with Crippen LogP contribution in [0, 0.1) is 5.82 Å². The van der Waals surface area contributed by atoms with Crippen LogP contribution in [0.4, 0.5) is 4.39 Å². The number of carbonyl (C=O) groups excluding carboxylic acids is 1. The van der Waals surface area contributed by atoms with Crippen molar-refractivity contribution < 1.29 is 9.18 Å². The van der Waals surface area contributed by atoms with Crippen molar-refractivity contribution in [1.82, 2.24) is 15.5 Å². The van der Waals surface area contributed by atoms with Gasteiger partial charge in [0.05, 0.1) is 0 Å². The number of aliphatic imine (C=N–C) groups is 1. The Bertz CT molecular complexity index is 789. The number of rotatable bonds is 7. The van der Waals surface area contributed by atoms with Crippen LogP contribution < -0.4 is 10.6 Å². The maximum Gasteiger partial charge on any atom is 0.253 e. The molecule has 0 aliphatic rings. The fraction of sp³-hybridized carbons (Fsp3) is 0.333. The molecular formula is C21H27FN4O. The highest BCUT2D eigenvalue weighted by Crippen LogP contribution is 2.08. The van der Waals surface area contributed by atoms with Gasteiger partial charge in [-0.3, -0.25) is 9.79 Å². The molecule has 1 amide bonds. The quantitative estimate of drug-likeness (QED) is 0.582. The highest BCUT2D eigenvalue weighted by atomic mass is 19.1. The van der Waals surface area contributed by atoms with Crippen molar-refractivity contribution in [3.63, 3.8) is 0 Å². The first-order valence-electron chi connectivity index (χ1n) is 8.99. The molecule has 0 aliphatic heterocycles. The maximum atomic E-state index is 13.2. The Kier molecular flexibility index (Phi) is 7.79. The van der Waals surface area contributed by atoms with Gasteiger partial charge < -0.3 is 15.5 Å². The van der Waals surface area contributed by atoms with Gasteiger partial charge in [0.25, 0.3) is 5.91 Å². The molecule has 144 valence electrons. The predicted molar refractivity (Wildman–Crippen MR) is 108 cm³/mol. The lowest BCUT2D eigenvalue weighted by molar-refractivity contribution is 0.0827. The molecule has 0 aliphatic carbocycles. The van der Waals surface area contributed by atoms with E-state index in [1.807, 2.05) is 30.3 Å². The van der Waals surface area contributed by atoms with Gasteiger partial charge >= 0.3 is 0 Å². The van der Waals surface area contributed by atoms with Crippen LogP contribution in [0.5, 0.6) is 0 Å². The summed E-state index contributed by atoms with van der Waals surface area (Å²) in [7, 11) is 5.21. The van der Waals surface area contributed by atoms with Gasteiger partial charge in [0.2, 0.25) is 0 Å². The minimum atomic E-state index is -0.218. The van der Waals surface area contributed by atoms with E-state index in [4.69, 9.17) is 0 Å². The van der Waals surface area contributed by atoms with Gasteiger partial charge in [0.1, 0.15) is 5.82 Å². The zero-order chi connectivity index (χ0) is 19.6. The Morgan fingerprint density at radius 3 is 2.15 bits per heavy atom. The Morgan fingerprint density at radius 2 is 1.59 bits per heavy atom. The second-order valence-corrected chi connectivity index (χ2v) is 6.46. The van der Waals surface area contributed by atoms with Gasteiger partial charge in [-0.25, -0.2) is 4.39 Å². The molecule has 0 saturated carbocycles. The smallest absolute Gasteiger partial charge is 0.253 e. The van der Waals surface area contributed by atoms with Gasteiger partial charge in [0.15, 0.2) is 5.96 Å². The van der Waals surface area contributed by atoms with Gasteiger partial charge in [0, 0.05) is 39.8 Å². The van der Waals surface area contributed by atoms with Crippen molar-refractivity contribution in [2.24, 2.45) is 4.99 Å². The van der Waals surface area contributed by atoms with E-state index in [1.54, 1.807) is 38.2 Å². The minimum absolute atomic E-state index is 0.000339. The zero-order valence-electron chi connectivity index (χ0n) is 16.1. The summed E-state index contributed by atoms with van der Waals surface area (Å²) in [6, 6.07) is 14.3. The second kappa shape index (κ2) is 10.3. The SMILES string of the molecule is CN=C(NCCc1cccc(F)c1)NCCc1cccc(C(=O)N(C)C)c1. The lowest BCUT2D eigenvalue weighted by atomic mass is 10.1. The fourth-order valence-corrected chi connectivity index (χ4v) is 2.68. The van der Waals surface area contributed by atoms with E-state index in [0.29, 0.717) is 31.0 Å². The van der Waals surface area contributed by atoms with Crippen LogP contribution in [0.1, 0.15) is 21.5 Å². The molecule has 0 aromatic heterocycles. The van der Waals surface area contributed by atoms with Crippen LogP contribution in [0.15, 0.2) is 53.5 Å². The molecule has 0 bridgehead atoms. The Balaban J connectivity index is 1.78. The third kappa shape index (κ3) is 6.73. The minimum Gasteiger partial charge on any atom is -0.356 e. The van der Waals surface area contributed by atoms with E-state index in [9.17, 15) is 9.18 Å². The van der Waals surface area contributed by atoms with E-state index < -0.39 is 0 Å². The van der Waals surface area contributed by atoms with Crippen molar-refractivity contribution in [2.75, 3.05) is 34.2 Å². The van der Waals surface area contributed by atoms with Crippen molar-refractivity contribution in [2.45, 2.75) is 12.8 Å². The lowest BCUT2D eigenvalue weighted by Crippen LogP contribution is -2.39. The highest BCUT2D eigenvalue weighted by molar-refractivity contribution is 5.94. The summed E-state index contributed by atoms with van der Waals surface area (Å²) in [4.78, 5) is 17.8. The Morgan fingerprint density at radius 1 is 1.00 bits per heavy atom. The lowest BCUT2D eigenvalue weighted by Gasteiger charge is -2.13. The summed E-state index contributed by atoms with van der Waals surface area (Å²) in [5.74, 6) is 0.483. The number of guanidine groups is 1. The van der Waals surface area contributed by atoms with E-state index in [-0.39, 0.29) is 11.7 Å². The van der Waals surface area contributed by atoms with Gasteiger partial charge in [-0.15, -0.1) is 0 Å². The van der Waals surface area contributed by atoms with Crippen LogP contribution in [0.2, 0.25) is 0 Å². The Labute approximate surface area is 160 Å². The third-order valence-electron chi connectivity index (χ3n) is 4.10. The van der Waals surface area contributed by atoms with Crippen LogP contribution in [-0.2, 0) is 12.8 Å². The molecule has 2 aromatic rings. The first-order valence-corrected chi connectivity index (χ1v) is 8.99. The van der Waals surface area contributed by atoms with Crippen molar-refractivity contribution in [1.29, 1.82) is 0 Å². The summed E-state index contributed by atoms with van der Waals surface area (Å²) >= 11 is 0. The molecule has 0 atom stereocenters. The molecule has 5 nitrogen and oxygen atoms in total. The predicted octanol–water partition coefficient (Wildman–Crippen LogP) is 2.48. The topological polar surface area (TPSA) is 56.7 Å². The average molecular weight is 370 g/mol. The number of hydrogen-bond acceptors (Lipinski definition) is 2. The number of amides is 1. The van der Waals surface area contributed by atoms with E-state index in [0.717, 1.165) is 17.5 Å². The van der Waals surface area contributed by atoms with Crippen molar-refractivity contribution >= 4 is 11.9 Å². The number of benzene rings is 2. The highest BCUT2D eigenvalue weighted by Gasteiger charge is 2.08. The average Bonchev–Trinajstić information content (AvgIpc) is 2.66. The van der Waals surface area contributed by atoms with Crippen LogP contribution in [0.25, 0.3) is 0 Å². The maximum absolute atomic E-state index is 13.2. The summed E-state index contributed by atoms with van der Waals surface area (Å²) in [5, 5.41) is 6.48. The number of nitrogens with zero attached hydrogens (tertiary/aromatic N) is 2. The molecule has 2 rings (SSSR count). The van der Waals surface area contributed by atoms with Gasteiger partial charge in [-0.05, 0) is 48.2 Å². The van der Waals surface area contributed by atoms with E-state index in [1.165, 1.54) is 6.07 Å². The largest absolute Gasteiger partial charge is 0.356 e. The molecule has 0 unspecified atom stereocenters. The van der Waals surface area contributed by atoms with E-state index in [2.05, 4.69) is 15.6 Å². The van der Waals surface area contributed by atoms with Gasteiger partial charge in [-0.2, -0.15) is 0 Å². The zero-order valence-corrected chi connectivity index (χ0v) is 16.1. The summed E-state index contributed by atoms with van der Waals surface area (Å²) in [5.41, 5.74) is 2.72. The normalized spacial score (nSPS) is 11.2. The molecule has 0 heterocycles. The van der Waals surface area contributed by atoms with Crippen molar-refractivity contribution in [3.8, 4) is 0 Å². The first kappa shape index (κ1) is 20.4. The number of hydrogen-bond donors (Lipinski definition) is 2. The molecule has 0 spiro atoms. The van der Waals surface area contributed by atoms with Crippen LogP contribution >= 0.6 is 0 Å². The number of halogens is 1. The third-order valence-corrected chi connectivity index (χ3v) is 4.10. The van der Waals surface area contributed by atoms with Gasteiger partial charge in [-0.1, -0.05) is 24.3 Å². The Hall–Kier alpha value is -2.89. The molecular weight excluding hydrogens is 343 g/mol. The van der Waals surface area contributed by atoms with Crippen molar-refractivity contribution in [3.05, 3.63) is 71.0 Å². The standard InChI is InChI=1S/C21H27FN4O/c1-23-21(25-13-11-17-7-5-9-19(22)15-17)24-12-10-16-6-4-8-18(14-16)20(27)26(2)3/h4-9,14-15H,10-13H2,1-3H3,(H2,23,24,25). The number of nitrogens with one attached hydrogen (secondary N) is 2. The molecule has 27 heavy (non-hydrogen) atoms. The molecule has 0 fully saturated rings. The molecule has 0 radical (unpaired) electrons. The summed E-state index contributed by atoms with van der Waals surface area (Å²) in [6.07, 6.45) is 1.49. The first-order chi connectivity index (χ1) is 13.0. The monoisotopic (exact) mass is 370 g/mol. The van der Waals surface area contributed by atoms with Crippen LogP contribution in [0.3, 0.4) is 0 Å². The second-order valence-electron chi connectivity index (χ2n) is 6.46.